The van der Waals surface area contributed by atoms with Crippen molar-refractivity contribution in [3.63, 3.8) is 0 Å². The molecule has 1 aliphatic carbocycles. The van der Waals surface area contributed by atoms with Crippen LogP contribution in [0.25, 0.3) is 5.69 Å². The van der Waals surface area contributed by atoms with Crippen molar-refractivity contribution < 1.29 is 23.8 Å². The molecule has 2 fully saturated rings. The minimum Gasteiger partial charge on any atom is -0.504 e. The molecule has 4 atom stereocenters. The van der Waals surface area contributed by atoms with Crippen molar-refractivity contribution in [1.82, 2.24) is 13.9 Å². The van der Waals surface area contributed by atoms with Crippen LogP contribution in [0.15, 0.2) is 88.0 Å². The van der Waals surface area contributed by atoms with Gasteiger partial charge < -0.3 is 9.84 Å². The quantitative estimate of drug-likeness (QED) is 0.142. The summed E-state index contributed by atoms with van der Waals surface area (Å²) in [5.74, 6) is -3.44. The molecule has 1 aromatic heterocycles. The molecule has 3 aromatic carbocycles. The van der Waals surface area contributed by atoms with E-state index >= 15 is 0 Å². The fourth-order valence-electron chi connectivity index (χ4n) is 6.75. The number of halogens is 4. The van der Waals surface area contributed by atoms with Crippen LogP contribution < -0.4 is 21.0 Å². The number of phenolic OH excluding ortho intramolecular Hbond substituents is 1. The number of anilines is 1. The van der Waals surface area contributed by atoms with Gasteiger partial charge in [0.05, 0.1) is 34.6 Å². The van der Waals surface area contributed by atoms with Gasteiger partial charge in [0.25, 0.3) is 11.8 Å². The lowest BCUT2D eigenvalue weighted by molar-refractivity contribution is -0.122. The Balaban J connectivity index is 1.49. The summed E-state index contributed by atoms with van der Waals surface area (Å²) in [5, 5.41) is 10.6. The first-order chi connectivity index (χ1) is 21.4. The molecule has 4 aromatic rings. The molecule has 3 heterocycles. The van der Waals surface area contributed by atoms with E-state index in [0.29, 0.717) is 20.4 Å². The SMILES string of the molecule is COc1cc([C@H]2C3=CCn4c(=O)n(-c5ccccc5)c(=O)n4[C@@H]3C[C@@]3(Cl)C(=O)N(c4ccc(F)cc4)C(=O)[C@@]23Cl)cc(I)c1O. The van der Waals surface area contributed by atoms with E-state index in [1.54, 1.807) is 42.5 Å². The largest absolute Gasteiger partial charge is 0.504 e. The molecular formula is C31H22Cl2FIN4O6. The number of para-hydroxylation sites is 1. The predicted molar refractivity (Wildman–Crippen MR) is 172 cm³/mol. The molecule has 0 unspecified atom stereocenters. The van der Waals surface area contributed by atoms with Gasteiger partial charge in [-0.1, -0.05) is 24.3 Å². The smallest absolute Gasteiger partial charge is 0.352 e. The van der Waals surface area contributed by atoms with Crippen LogP contribution in [0.4, 0.5) is 10.1 Å². The number of fused-ring (bicyclic) bond motifs is 4. The lowest BCUT2D eigenvalue weighted by Crippen LogP contribution is -2.59. The third-order valence-corrected chi connectivity index (χ3v) is 11.0. The molecule has 10 nitrogen and oxygen atoms in total. The molecule has 1 saturated carbocycles. The zero-order chi connectivity index (χ0) is 32.0. The fraction of sp³-hybridized carbons (Fsp3) is 0.226. The van der Waals surface area contributed by atoms with Crippen molar-refractivity contribution in [2.45, 2.75) is 34.7 Å². The second-order valence-electron chi connectivity index (χ2n) is 11.0. The first-order valence-corrected chi connectivity index (χ1v) is 15.6. The summed E-state index contributed by atoms with van der Waals surface area (Å²) in [5.41, 5.74) is 0.0480. The summed E-state index contributed by atoms with van der Waals surface area (Å²) in [6, 6.07) is 15.3. The second-order valence-corrected chi connectivity index (χ2v) is 13.4. The molecule has 2 amide bonds. The van der Waals surface area contributed by atoms with Crippen LogP contribution in [-0.2, 0) is 16.1 Å². The van der Waals surface area contributed by atoms with Gasteiger partial charge in [0.2, 0.25) is 0 Å². The van der Waals surface area contributed by atoms with Crippen LogP contribution in [0, 0.1) is 9.39 Å². The van der Waals surface area contributed by atoms with Crippen LogP contribution in [0.1, 0.15) is 23.9 Å². The van der Waals surface area contributed by atoms with E-state index in [2.05, 4.69) is 0 Å². The van der Waals surface area contributed by atoms with Crippen LogP contribution in [0.3, 0.4) is 0 Å². The number of carbonyl (C=O) groups excluding carboxylic acids is 2. The minimum absolute atomic E-state index is 0.0331. The summed E-state index contributed by atoms with van der Waals surface area (Å²) < 4.78 is 23.2. The highest BCUT2D eigenvalue weighted by molar-refractivity contribution is 14.1. The minimum atomic E-state index is -2.14. The normalized spacial score (nSPS) is 25.4. The Bertz CT molecular complexity index is 2080. The molecular weight excluding hydrogens is 741 g/mol. The Morgan fingerprint density at radius 3 is 2.31 bits per heavy atom. The van der Waals surface area contributed by atoms with Crippen molar-refractivity contribution in [2.75, 3.05) is 12.0 Å². The van der Waals surface area contributed by atoms with Crippen LogP contribution in [0.5, 0.6) is 11.5 Å². The maximum absolute atomic E-state index is 14.4. The van der Waals surface area contributed by atoms with E-state index in [4.69, 9.17) is 27.9 Å². The number of phenols is 1. The number of hydrogen-bond donors (Lipinski definition) is 1. The number of rotatable bonds is 4. The zero-order valence-electron chi connectivity index (χ0n) is 23.3. The highest BCUT2D eigenvalue weighted by Crippen LogP contribution is 2.64. The topological polar surface area (TPSA) is 116 Å². The number of amides is 2. The number of allylic oxidation sites excluding steroid dienone is 2. The Morgan fingerprint density at radius 2 is 1.64 bits per heavy atom. The van der Waals surface area contributed by atoms with Crippen molar-refractivity contribution in [1.29, 1.82) is 0 Å². The maximum atomic E-state index is 14.4. The number of aromatic nitrogens is 3. The molecule has 2 aliphatic heterocycles. The third-order valence-electron chi connectivity index (χ3n) is 8.78. The van der Waals surface area contributed by atoms with Gasteiger partial charge in [-0.15, -0.1) is 23.2 Å². The van der Waals surface area contributed by atoms with E-state index in [0.717, 1.165) is 21.6 Å². The number of carbonyl (C=O) groups is 2. The maximum Gasteiger partial charge on any atom is 0.352 e. The Labute approximate surface area is 278 Å². The summed E-state index contributed by atoms with van der Waals surface area (Å²) in [6.45, 7) is -0.0331. The van der Waals surface area contributed by atoms with Crippen LogP contribution in [-0.4, -0.2) is 47.7 Å². The number of aromatic hydroxyl groups is 1. The van der Waals surface area contributed by atoms with E-state index in [-0.39, 0.29) is 30.2 Å². The highest BCUT2D eigenvalue weighted by Gasteiger charge is 2.75. The van der Waals surface area contributed by atoms with Crippen molar-refractivity contribution in [2.24, 2.45) is 0 Å². The van der Waals surface area contributed by atoms with E-state index in [9.17, 15) is 28.7 Å². The van der Waals surface area contributed by atoms with Crippen molar-refractivity contribution >= 4 is 63.3 Å². The molecule has 3 aliphatic rings. The van der Waals surface area contributed by atoms with Crippen molar-refractivity contribution in [3.8, 4) is 17.2 Å². The number of alkyl halides is 2. The lowest BCUT2D eigenvalue weighted by atomic mass is 9.64. The Morgan fingerprint density at radius 1 is 0.956 bits per heavy atom. The summed E-state index contributed by atoms with van der Waals surface area (Å²) >= 11 is 16.6. The first kappa shape index (κ1) is 29.8. The van der Waals surface area contributed by atoms with Gasteiger partial charge in [0, 0.05) is 12.3 Å². The average Bonchev–Trinajstić information content (AvgIpc) is 3.37. The molecule has 45 heavy (non-hydrogen) atoms. The van der Waals surface area contributed by atoms with Gasteiger partial charge in [0.15, 0.2) is 21.2 Å². The lowest BCUT2D eigenvalue weighted by Gasteiger charge is -2.49. The zero-order valence-corrected chi connectivity index (χ0v) is 27.0. The van der Waals surface area contributed by atoms with Crippen LogP contribution in [0.2, 0.25) is 0 Å². The first-order valence-electron chi connectivity index (χ1n) is 13.7. The number of nitrogens with zero attached hydrogens (tertiary/aromatic N) is 4. The number of ether oxygens (including phenoxy) is 1. The Kier molecular flexibility index (Phi) is 6.84. The summed E-state index contributed by atoms with van der Waals surface area (Å²) in [7, 11) is 1.37. The predicted octanol–water partition coefficient (Wildman–Crippen LogP) is 4.46. The van der Waals surface area contributed by atoms with Gasteiger partial charge >= 0.3 is 11.4 Å². The van der Waals surface area contributed by atoms with Gasteiger partial charge in [-0.25, -0.2) is 32.8 Å². The molecule has 14 heteroatoms. The standard InChI is InChI=1S/C31H22Cl2FIN4O6/c1-45-23-14-16(13-21(35)25(23)40)24-20-11-12-36-28(43)38(18-5-3-2-4-6-18)29(44)39(36)22(20)15-30(32)26(41)37(27(42)31(24,30)33)19-9-7-17(34)8-10-19/h2-11,13-14,22,24,40H,12,15H2,1H3/t22-,24+,30-,31+/m1/s1. The van der Waals surface area contributed by atoms with Crippen molar-refractivity contribution in [3.05, 3.63) is 114 Å². The molecule has 7 rings (SSSR count). The average molecular weight is 763 g/mol. The van der Waals surface area contributed by atoms with Gasteiger partial charge in [-0.2, -0.15) is 0 Å². The molecule has 1 N–H and O–H groups in total. The van der Waals surface area contributed by atoms with E-state index in [1.165, 1.54) is 34.7 Å². The highest BCUT2D eigenvalue weighted by atomic mass is 127. The summed E-state index contributed by atoms with van der Waals surface area (Å²) in [6.07, 6.45) is 1.41. The van der Waals surface area contributed by atoms with E-state index in [1.807, 2.05) is 22.6 Å². The van der Waals surface area contributed by atoms with Gasteiger partial charge in [0.1, 0.15) is 5.82 Å². The molecule has 0 bridgehead atoms. The second kappa shape index (κ2) is 10.3. The van der Waals surface area contributed by atoms with Gasteiger partial charge in [-0.3, -0.25) is 9.59 Å². The van der Waals surface area contributed by atoms with E-state index < -0.39 is 50.7 Å². The molecule has 0 spiro atoms. The number of hydrogen-bond acceptors (Lipinski definition) is 6. The number of imide groups is 1. The third kappa shape index (κ3) is 3.97. The fourth-order valence-corrected chi connectivity index (χ4v) is 8.29. The molecule has 230 valence electrons. The van der Waals surface area contributed by atoms with Gasteiger partial charge in [-0.05, 0) is 82.3 Å². The number of benzene rings is 3. The molecule has 0 radical (unpaired) electrons. The number of methoxy groups -OCH3 is 1. The Hall–Kier alpha value is -3.88. The monoisotopic (exact) mass is 762 g/mol. The summed E-state index contributed by atoms with van der Waals surface area (Å²) in [4.78, 5) is 52.9. The van der Waals surface area contributed by atoms with Crippen LogP contribution >= 0.6 is 45.8 Å². The molecule has 1 saturated heterocycles.